The molecule has 0 bridgehead atoms. The summed E-state index contributed by atoms with van der Waals surface area (Å²) in [5, 5.41) is 9.77. The van der Waals surface area contributed by atoms with Crippen molar-refractivity contribution in [3.05, 3.63) is 23.8 Å². The zero-order chi connectivity index (χ0) is 13.0. The molecule has 1 saturated carbocycles. The predicted molar refractivity (Wildman–Crippen MR) is 73.0 cm³/mol. The Morgan fingerprint density at radius 2 is 2.00 bits per heavy atom. The van der Waals surface area contributed by atoms with Gasteiger partial charge >= 0.3 is 0 Å². The smallest absolute Gasteiger partial charge is 0.160 e. The minimum absolute atomic E-state index is 0.229. The van der Waals surface area contributed by atoms with Crippen molar-refractivity contribution < 1.29 is 9.84 Å². The Balaban J connectivity index is 1.97. The number of ether oxygens (including phenoxy) is 1. The quantitative estimate of drug-likeness (QED) is 0.889. The second-order valence-corrected chi connectivity index (χ2v) is 5.21. The topological polar surface area (TPSA) is 32.7 Å². The van der Waals surface area contributed by atoms with Gasteiger partial charge in [0.1, 0.15) is 0 Å². The van der Waals surface area contributed by atoms with E-state index >= 15 is 0 Å². The van der Waals surface area contributed by atoms with E-state index in [1.54, 1.807) is 13.2 Å². The first-order chi connectivity index (χ1) is 8.70. The minimum atomic E-state index is 0.229. The van der Waals surface area contributed by atoms with Crippen LogP contribution in [0.3, 0.4) is 0 Å². The molecule has 0 spiro atoms. The molecule has 1 aromatic carbocycles. The van der Waals surface area contributed by atoms with Crippen LogP contribution in [0.4, 0.5) is 0 Å². The highest BCUT2D eigenvalue weighted by atomic mass is 16.5. The van der Waals surface area contributed by atoms with E-state index in [1.165, 1.54) is 32.1 Å². The van der Waals surface area contributed by atoms with Crippen molar-refractivity contribution in [2.75, 3.05) is 14.2 Å². The molecule has 0 heterocycles. The molecule has 3 heteroatoms. The van der Waals surface area contributed by atoms with Gasteiger partial charge < -0.3 is 9.84 Å². The number of aromatic hydroxyl groups is 1. The molecule has 0 aromatic heterocycles. The average molecular weight is 249 g/mol. The van der Waals surface area contributed by atoms with E-state index < -0.39 is 0 Å². The first-order valence-corrected chi connectivity index (χ1v) is 6.77. The van der Waals surface area contributed by atoms with Crippen molar-refractivity contribution in [3.63, 3.8) is 0 Å². The standard InChI is InChI=1S/C15H23NO2/c1-16(13-6-4-3-5-7-13)11-12-8-9-15(18-2)14(17)10-12/h8-10,13,17H,3-7,11H2,1-2H3. The van der Waals surface area contributed by atoms with Crippen molar-refractivity contribution in [3.8, 4) is 11.5 Å². The molecule has 0 saturated heterocycles. The third kappa shape index (κ3) is 3.16. The van der Waals surface area contributed by atoms with Crippen LogP contribution < -0.4 is 4.74 Å². The Bertz CT molecular complexity index is 386. The molecule has 1 aromatic rings. The zero-order valence-corrected chi connectivity index (χ0v) is 11.4. The molecule has 0 unspecified atom stereocenters. The number of hydrogen-bond donors (Lipinski definition) is 1. The van der Waals surface area contributed by atoms with Crippen LogP contribution in [0.25, 0.3) is 0 Å². The third-order valence-corrected chi connectivity index (χ3v) is 3.87. The van der Waals surface area contributed by atoms with Gasteiger partial charge in [0.15, 0.2) is 11.5 Å². The maximum Gasteiger partial charge on any atom is 0.160 e. The Morgan fingerprint density at radius 3 is 2.61 bits per heavy atom. The Hall–Kier alpha value is -1.22. The summed E-state index contributed by atoms with van der Waals surface area (Å²) in [6, 6.07) is 6.36. The number of methoxy groups -OCH3 is 1. The van der Waals surface area contributed by atoms with Crippen LogP contribution in [0.15, 0.2) is 18.2 Å². The van der Waals surface area contributed by atoms with Crippen molar-refractivity contribution in [2.45, 2.75) is 44.7 Å². The van der Waals surface area contributed by atoms with E-state index in [9.17, 15) is 5.11 Å². The fraction of sp³-hybridized carbons (Fsp3) is 0.600. The number of phenols is 1. The number of rotatable bonds is 4. The second kappa shape index (κ2) is 6.10. The molecule has 3 nitrogen and oxygen atoms in total. The van der Waals surface area contributed by atoms with E-state index in [4.69, 9.17) is 4.74 Å². The fourth-order valence-corrected chi connectivity index (χ4v) is 2.77. The summed E-state index contributed by atoms with van der Waals surface area (Å²) < 4.78 is 5.06. The van der Waals surface area contributed by atoms with Crippen LogP contribution in [0.5, 0.6) is 11.5 Å². The summed E-state index contributed by atoms with van der Waals surface area (Å²) >= 11 is 0. The molecule has 2 rings (SSSR count). The largest absolute Gasteiger partial charge is 0.504 e. The van der Waals surface area contributed by atoms with Crippen molar-refractivity contribution in [1.82, 2.24) is 4.90 Å². The Kier molecular flexibility index (Phi) is 4.48. The van der Waals surface area contributed by atoms with Gasteiger partial charge in [0.25, 0.3) is 0 Å². The normalized spacial score (nSPS) is 17.1. The van der Waals surface area contributed by atoms with Crippen LogP contribution >= 0.6 is 0 Å². The van der Waals surface area contributed by atoms with Gasteiger partial charge in [-0.05, 0) is 37.6 Å². The summed E-state index contributed by atoms with van der Waals surface area (Å²) in [6.07, 6.45) is 6.69. The van der Waals surface area contributed by atoms with E-state index in [-0.39, 0.29) is 5.75 Å². The maximum atomic E-state index is 9.77. The Labute approximate surface area is 109 Å². The van der Waals surface area contributed by atoms with Crippen LogP contribution in [-0.4, -0.2) is 30.2 Å². The first-order valence-electron chi connectivity index (χ1n) is 6.77. The molecule has 0 aliphatic heterocycles. The lowest BCUT2D eigenvalue weighted by Gasteiger charge is -2.31. The van der Waals surface area contributed by atoms with Crippen LogP contribution in [-0.2, 0) is 6.54 Å². The summed E-state index contributed by atoms with van der Waals surface area (Å²) in [6.45, 7) is 0.891. The molecule has 0 amide bonds. The van der Waals surface area contributed by atoms with E-state index in [2.05, 4.69) is 11.9 Å². The molecule has 0 atom stereocenters. The summed E-state index contributed by atoms with van der Waals surface area (Å²) in [5.41, 5.74) is 1.14. The van der Waals surface area contributed by atoms with Gasteiger partial charge in [-0.3, -0.25) is 4.90 Å². The van der Waals surface area contributed by atoms with Gasteiger partial charge in [-0.2, -0.15) is 0 Å². The average Bonchev–Trinajstić information content (AvgIpc) is 2.40. The van der Waals surface area contributed by atoms with Crippen molar-refractivity contribution in [2.24, 2.45) is 0 Å². The van der Waals surface area contributed by atoms with Crippen LogP contribution in [0.1, 0.15) is 37.7 Å². The SMILES string of the molecule is COc1ccc(CN(C)C2CCCCC2)cc1O. The third-order valence-electron chi connectivity index (χ3n) is 3.87. The molecule has 100 valence electrons. The van der Waals surface area contributed by atoms with Gasteiger partial charge in [-0.1, -0.05) is 25.3 Å². The molecular formula is C15H23NO2. The number of nitrogens with zero attached hydrogens (tertiary/aromatic N) is 1. The lowest BCUT2D eigenvalue weighted by molar-refractivity contribution is 0.184. The predicted octanol–water partition coefficient (Wildman–Crippen LogP) is 3.17. The summed E-state index contributed by atoms with van der Waals surface area (Å²) in [7, 11) is 3.75. The molecule has 1 aliphatic rings. The van der Waals surface area contributed by atoms with E-state index in [0.29, 0.717) is 11.8 Å². The first kappa shape index (κ1) is 13.2. The molecule has 1 fully saturated rings. The highest BCUT2D eigenvalue weighted by Crippen LogP contribution is 2.28. The molecular weight excluding hydrogens is 226 g/mol. The maximum absolute atomic E-state index is 9.77. The number of benzene rings is 1. The molecule has 1 aliphatic carbocycles. The lowest BCUT2D eigenvalue weighted by Crippen LogP contribution is -2.32. The molecule has 0 radical (unpaired) electrons. The molecule has 18 heavy (non-hydrogen) atoms. The van der Waals surface area contributed by atoms with Crippen molar-refractivity contribution in [1.29, 1.82) is 0 Å². The second-order valence-electron chi connectivity index (χ2n) is 5.21. The van der Waals surface area contributed by atoms with E-state index in [1.807, 2.05) is 12.1 Å². The van der Waals surface area contributed by atoms with Gasteiger partial charge in [-0.25, -0.2) is 0 Å². The summed E-state index contributed by atoms with van der Waals surface area (Å²) in [5.74, 6) is 0.770. The van der Waals surface area contributed by atoms with Gasteiger partial charge in [0.05, 0.1) is 7.11 Å². The van der Waals surface area contributed by atoms with E-state index in [0.717, 1.165) is 12.1 Å². The van der Waals surface area contributed by atoms with Gasteiger partial charge in [-0.15, -0.1) is 0 Å². The highest BCUT2D eigenvalue weighted by Gasteiger charge is 2.18. The lowest BCUT2D eigenvalue weighted by atomic mass is 9.94. The zero-order valence-electron chi connectivity index (χ0n) is 11.4. The summed E-state index contributed by atoms with van der Waals surface area (Å²) in [4.78, 5) is 2.40. The van der Waals surface area contributed by atoms with Crippen LogP contribution in [0.2, 0.25) is 0 Å². The number of hydrogen-bond acceptors (Lipinski definition) is 3. The monoisotopic (exact) mass is 249 g/mol. The minimum Gasteiger partial charge on any atom is -0.504 e. The van der Waals surface area contributed by atoms with Gasteiger partial charge in [0.2, 0.25) is 0 Å². The Morgan fingerprint density at radius 1 is 1.28 bits per heavy atom. The van der Waals surface area contributed by atoms with Crippen LogP contribution in [0, 0.1) is 0 Å². The molecule has 1 N–H and O–H groups in total. The number of phenolic OH excluding ortho intramolecular Hbond substituents is 1. The highest BCUT2D eigenvalue weighted by molar-refractivity contribution is 5.41. The van der Waals surface area contributed by atoms with Crippen molar-refractivity contribution >= 4 is 0 Å². The van der Waals surface area contributed by atoms with Gasteiger partial charge in [0, 0.05) is 12.6 Å². The fourth-order valence-electron chi connectivity index (χ4n) is 2.77.